The fraction of sp³-hybridized carbons (Fsp3) is 0.158. The smallest absolute Gasteiger partial charge is 0.134 e. The molecule has 3 nitrogen and oxygen atoms in total. The Morgan fingerprint density at radius 3 is 2.91 bits per heavy atom. The predicted molar refractivity (Wildman–Crippen MR) is 89.1 cm³/mol. The Morgan fingerprint density at radius 2 is 2.05 bits per heavy atom. The van der Waals surface area contributed by atoms with Gasteiger partial charge >= 0.3 is 0 Å². The zero-order chi connectivity index (χ0) is 14.8. The summed E-state index contributed by atoms with van der Waals surface area (Å²) in [5.74, 6) is 0.884. The van der Waals surface area contributed by atoms with Crippen molar-refractivity contribution in [2.24, 2.45) is 4.99 Å². The molecule has 0 unspecified atom stereocenters. The first kappa shape index (κ1) is 13.0. The van der Waals surface area contributed by atoms with Gasteiger partial charge in [0.05, 0.1) is 5.71 Å². The summed E-state index contributed by atoms with van der Waals surface area (Å²) < 4.78 is 5.91. The summed E-state index contributed by atoms with van der Waals surface area (Å²) in [5.41, 5.74) is 4.26. The van der Waals surface area contributed by atoms with E-state index < -0.39 is 0 Å². The lowest BCUT2D eigenvalue weighted by Gasteiger charge is -2.15. The lowest BCUT2D eigenvalue weighted by atomic mass is 9.96. The van der Waals surface area contributed by atoms with Gasteiger partial charge in [0, 0.05) is 29.9 Å². The number of rotatable bonds is 2. The topological polar surface area (TPSA) is 38.4 Å². The van der Waals surface area contributed by atoms with Gasteiger partial charge in [0.1, 0.15) is 11.3 Å². The molecule has 0 amide bonds. The van der Waals surface area contributed by atoms with Crippen LogP contribution >= 0.6 is 0 Å². The van der Waals surface area contributed by atoms with Gasteiger partial charge in [0.25, 0.3) is 0 Å². The summed E-state index contributed by atoms with van der Waals surface area (Å²) in [5, 5.41) is 1.13. The van der Waals surface area contributed by atoms with Gasteiger partial charge in [-0.1, -0.05) is 18.2 Å². The predicted octanol–water partition coefficient (Wildman–Crippen LogP) is 4.49. The van der Waals surface area contributed by atoms with E-state index in [9.17, 15) is 0 Å². The van der Waals surface area contributed by atoms with Crippen molar-refractivity contribution in [1.29, 1.82) is 0 Å². The molecule has 0 saturated carbocycles. The first-order valence-electron chi connectivity index (χ1n) is 7.54. The number of aromatic nitrogens is 1. The maximum atomic E-state index is 5.91. The minimum absolute atomic E-state index is 0.877. The Morgan fingerprint density at radius 1 is 1.09 bits per heavy atom. The molecule has 0 N–H and O–H groups in total. The number of pyridine rings is 1. The van der Waals surface area contributed by atoms with Gasteiger partial charge in [-0.05, 0) is 48.8 Å². The van der Waals surface area contributed by atoms with Crippen molar-refractivity contribution in [3.05, 3.63) is 71.8 Å². The molecule has 108 valence electrons. The van der Waals surface area contributed by atoms with E-state index in [1.54, 1.807) is 6.20 Å². The second-order valence-corrected chi connectivity index (χ2v) is 5.43. The van der Waals surface area contributed by atoms with Crippen molar-refractivity contribution < 1.29 is 4.42 Å². The zero-order valence-electron chi connectivity index (χ0n) is 12.2. The lowest BCUT2D eigenvalue weighted by Crippen LogP contribution is -2.11. The number of aliphatic imine (C=N–C) groups is 1. The molecule has 2 aromatic heterocycles. The van der Waals surface area contributed by atoms with Crippen LogP contribution in [0, 0.1) is 0 Å². The molecule has 3 heteroatoms. The summed E-state index contributed by atoms with van der Waals surface area (Å²) >= 11 is 0. The first-order valence-corrected chi connectivity index (χ1v) is 7.54. The van der Waals surface area contributed by atoms with Crippen molar-refractivity contribution in [3.8, 4) is 0 Å². The molecule has 0 radical (unpaired) electrons. The van der Waals surface area contributed by atoms with E-state index in [-0.39, 0.29) is 0 Å². The number of hydrogen-bond donors (Lipinski definition) is 0. The number of hydrogen-bond acceptors (Lipinski definition) is 3. The largest absolute Gasteiger partial charge is 0.457 e. The maximum absolute atomic E-state index is 5.91. The average molecular weight is 288 g/mol. The summed E-state index contributed by atoms with van der Waals surface area (Å²) in [6.07, 6.45) is 7.87. The van der Waals surface area contributed by atoms with E-state index in [4.69, 9.17) is 9.41 Å². The third kappa shape index (κ3) is 2.46. The molecule has 22 heavy (non-hydrogen) atoms. The minimum atomic E-state index is 0.877. The third-order valence-electron chi connectivity index (χ3n) is 3.87. The molecule has 0 bridgehead atoms. The summed E-state index contributed by atoms with van der Waals surface area (Å²) in [4.78, 5) is 8.90. The number of allylic oxidation sites excluding steroid dienone is 1. The van der Waals surface area contributed by atoms with Crippen LogP contribution in [0.25, 0.3) is 17.0 Å². The molecule has 0 saturated heterocycles. The van der Waals surface area contributed by atoms with Crippen LogP contribution in [-0.4, -0.2) is 17.2 Å². The van der Waals surface area contributed by atoms with Crippen molar-refractivity contribution in [2.45, 2.75) is 12.8 Å². The van der Waals surface area contributed by atoms with E-state index in [1.807, 2.05) is 30.5 Å². The molecular weight excluding hydrogens is 272 g/mol. The van der Waals surface area contributed by atoms with Crippen molar-refractivity contribution >= 4 is 22.8 Å². The van der Waals surface area contributed by atoms with Gasteiger partial charge in [0.15, 0.2) is 0 Å². The molecule has 0 fully saturated rings. The highest BCUT2D eigenvalue weighted by Crippen LogP contribution is 2.25. The molecular formula is C19H16N2O. The second kappa shape index (κ2) is 5.60. The van der Waals surface area contributed by atoms with Crippen LogP contribution in [0.15, 0.2) is 69.8 Å². The fourth-order valence-electron chi connectivity index (χ4n) is 2.85. The van der Waals surface area contributed by atoms with Crippen LogP contribution in [0.2, 0.25) is 0 Å². The SMILES string of the molecule is C(=C1/CCCN=C1c1cccnc1)/c1cc2ccccc2o1. The van der Waals surface area contributed by atoms with Crippen LogP contribution in [0.4, 0.5) is 0 Å². The van der Waals surface area contributed by atoms with Crippen LogP contribution in [0.3, 0.4) is 0 Å². The molecule has 0 atom stereocenters. The number of benzene rings is 1. The quantitative estimate of drug-likeness (QED) is 0.696. The Hall–Kier alpha value is -2.68. The van der Waals surface area contributed by atoms with Crippen molar-refractivity contribution in [1.82, 2.24) is 4.98 Å². The molecule has 0 spiro atoms. The van der Waals surface area contributed by atoms with Gasteiger partial charge in [-0.3, -0.25) is 9.98 Å². The normalized spacial score (nSPS) is 16.9. The molecule has 1 aromatic carbocycles. The van der Waals surface area contributed by atoms with Crippen molar-refractivity contribution in [2.75, 3.05) is 6.54 Å². The van der Waals surface area contributed by atoms with Gasteiger partial charge in [0.2, 0.25) is 0 Å². The zero-order valence-corrected chi connectivity index (χ0v) is 12.2. The second-order valence-electron chi connectivity index (χ2n) is 5.43. The summed E-state index contributed by atoms with van der Waals surface area (Å²) in [6, 6.07) is 14.2. The van der Waals surface area contributed by atoms with Gasteiger partial charge in [-0.2, -0.15) is 0 Å². The number of fused-ring (bicyclic) bond motifs is 1. The van der Waals surface area contributed by atoms with E-state index in [2.05, 4.69) is 29.3 Å². The van der Waals surface area contributed by atoms with Crippen LogP contribution < -0.4 is 0 Å². The van der Waals surface area contributed by atoms with E-state index in [0.717, 1.165) is 47.4 Å². The highest BCUT2D eigenvalue weighted by Gasteiger charge is 2.15. The average Bonchev–Trinajstić information content (AvgIpc) is 2.98. The summed E-state index contributed by atoms with van der Waals surface area (Å²) in [6.45, 7) is 0.877. The number of para-hydroxylation sites is 1. The molecule has 1 aliphatic rings. The maximum Gasteiger partial charge on any atom is 0.134 e. The molecule has 3 heterocycles. The minimum Gasteiger partial charge on any atom is -0.457 e. The van der Waals surface area contributed by atoms with Crippen LogP contribution in [-0.2, 0) is 0 Å². The number of nitrogens with zero attached hydrogens (tertiary/aromatic N) is 2. The Labute approximate surface area is 129 Å². The molecule has 1 aliphatic heterocycles. The van der Waals surface area contributed by atoms with Gasteiger partial charge in [-0.15, -0.1) is 0 Å². The fourth-order valence-corrected chi connectivity index (χ4v) is 2.85. The Kier molecular flexibility index (Phi) is 3.31. The summed E-state index contributed by atoms with van der Waals surface area (Å²) in [7, 11) is 0. The van der Waals surface area contributed by atoms with Crippen LogP contribution in [0.5, 0.6) is 0 Å². The Bertz CT molecular complexity index is 826. The lowest BCUT2D eigenvalue weighted by molar-refractivity contribution is 0.603. The van der Waals surface area contributed by atoms with Gasteiger partial charge < -0.3 is 4.42 Å². The van der Waals surface area contributed by atoms with Gasteiger partial charge in [-0.25, -0.2) is 0 Å². The van der Waals surface area contributed by atoms with Crippen molar-refractivity contribution in [3.63, 3.8) is 0 Å². The first-order chi connectivity index (χ1) is 10.9. The monoisotopic (exact) mass is 288 g/mol. The Balaban J connectivity index is 1.76. The van der Waals surface area contributed by atoms with Crippen LogP contribution in [0.1, 0.15) is 24.2 Å². The number of furan rings is 1. The van der Waals surface area contributed by atoms with E-state index >= 15 is 0 Å². The molecule has 0 aliphatic carbocycles. The highest BCUT2D eigenvalue weighted by atomic mass is 16.3. The third-order valence-corrected chi connectivity index (χ3v) is 3.87. The standard InChI is InChI=1S/C19H16N2O/c1-2-8-18-14(5-1)11-17(22-18)12-15-6-4-10-21-19(15)16-7-3-9-20-13-16/h1-3,5,7-9,11-13H,4,6,10H2/b15-12+. The molecule has 3 aromatic rings. The molecule has 4 rings (SSSR count). The highest BCUT2D eigenvalue weighted by molar-refractivity contribution is 6.15. The van der Waals surface area contributed by atoms with E-state index in [1.165, 1.54) is 5.57 Å². The van der Waals surface area contributed by atoms with E-state index in [0.29, 0.717) is 0 Å².